The van der Waals surface area contributed by atoms with Gasteiger partial charge in [-0.2, -0.15) is 0 Å². The van der Waals surface area contributed by atoms with Crippen LogP contribution in [0, 0.1) is 0 Å². The van der Waals surface area contributed by atoms with Crippen molar-refractivity contribution in [2.45, 2.75) is 6.42 Å². The van der Waals surface area contributed by atoms with Crippen molar-refractivity contribution in [1.29, 1.82) is 0 Å². The topological polar surface area (TPSA) is 26.0 Å². The minimum Gasteiger partial charge on any atom is -0.399 e. The van der Waals surface area contributed by atoms with Gasteiger partial charge >= 0.3 is 0 Å². The molecule has 0 unspecified atom stereocenters. The van der Waals surface area contributed by atoms with Crippen LogP contribution in [0.25, 0.3) is 54.9 Å². The molecule has 6 aromatic carbocycles. The molecule has 1 aliphatic rings. The Morgan fingerprint density at radius 3 is 1.88 bits per heavy atom. The van der Waals surface area contributed by atoms with E-state index in [4.69, 9.17) is 5.73 Å². The van der Waals surface area contributed by atoms with E-state index in [1.807, 2.05) is 18.2 Å². The van der Waals surface area contributed by atoms with Crippen LogP contribution in [-0.4, -0.2) is 0 Å². The van der Waals surface area contributed by atoms with Gasteiger partial charge in [0.15, 0.2) is 0 Å². The van der Waals surface area contributed by atoms with Gasteiger partial charge in [-0.1, -0.05) is 97.1 Å². The Morgan fingerprint density at radius 2 is 1.09 bits per heavy atom. The summed E-state index contributed by atoms with van der Waals surface area (Å²) in [5.74, 6) is 0. The smallest absolute Gasteiger partial charge is 0.0320 e. The number of fused-ring (bicyclic) bond motifs is 8. The molecule has 1 nitrogen and oxygen atoms in total. The van der Waals surface area contributed by atoms with Crippen molar-refractivity contribution < 1.29 is 0 Å². The summed E-state index contributed by atoms with van der Waals surface area (Å²) in [5.41, 5.74) is 17.3. The highest BCUT2D eigenvalue weighted by Crippen LogP contribution is 2.49. The van der Waals surface area contributed by atoms with Crippen LogP contribution in [0.1, 0.15) is 11.1 Å². The molecule has 7 rings (SSSR count). The summed E-state index contributed by atoms with van der Waals surface area (Å²) in [4.78, 5) is 0. The summed E-state index contributed by atoms with van der Waals surface area (Å²) < 4.78 is 0. The van der Waals surface area contributed by atoms with Crippen LogP contribution >= 0.6 is 0 Å². The molecule has 0 amide bonds. The first-order valence-corrected chi connectivity index (χ1v) is 11.8. The molecular weight excluding hydrogens is 410 g/mol. The van der Waals surface area contributed by atoms with Crippen molar-refractivity contribution in [3.63, 3.8) is 0 Å². The Hall–Kier alpha value is -4.36. The van der Waals surface area contributed by atoms with Gasteiger partial charge in [0.1, 0.15) is 0 Å². The lowest BCUT2D eigenvalue weighted by molar-refractivity contribution is 1.29. The second-order valence-electron chi connectivity index (χ2n) is 9.17. The minimum absolute atomic E-state index is 0.788. The van der Waals surface area contributed by atoms with Gasteiger partial charge < -0.3 is 5.73 Å². The normalized spacial score (nSPS) is 12.1. The van der Waals surface area contributed by atoms with Gasteiger partial charge in [0.2, 0.25) is 0 Å². The molecule has 0 heterocycles. The first-order chi connectivity index (χ1) is 16.8. The molecule has 1 heteroatoms. The third-order valence-corrected chi connectivity index (χ3v) is 7.20. The van der Waals surface area contributed by atoms with Crippen molar-refractivity contribution in [1.82, 2.24) is 0 Å². The van der Waals surface area contributed by atoms with E-state index in [-0.39, 0.29) is 0 Å². The third kappa shape index (κ3) is 2.80. The van der Waals surface area contributed by atoms with E-state index in [1.54, 1.807) is 0 Å². The predicted molar refractivity (Wildman–Crippen MR) is 145 cm³/mol. The number of nitrogens with two attached hydrogens (primary N) is 1. The van der Waals surface area contributed by atoms with Gasteiger partial charge in [-0.15, -0.1) is 0 Å². The van der Waals surface area contributed by atoms with Gasteiger partial charge in [-0.3, -0.25) is 0 Å². The summed E-state index contributed by atoms with van der Waals surface area (Å²) in [5, 5.41) is 5.38. The molecule has 0 aromatic heterocycles. The van der Waals surface area contributed by atoms with E-state index in [9.17, 15) is 0 Å². The van der Waals surface area contributed by atoms with Crippen molar-refractivity contribution >= 4 is 27.2 Å². The van der Waals surface area contributed by atoms with Gasteiger partial charge in [0, 0.05) is 5.69 Å². The average Bonchev–Trinajstić information content (AvgIpc) is 3.29. The number of anilines is 1. The molecule has 2 N–H and O–H groups in total. The van der Waals surface area contributed by atoms with Crippen LogP contribution in [0.2, 0.25) is 0 Å². The summed E-state index contributed by atoms with van der Waals surface area (Å²) >= 11 is 0. The Kier molecular flexibility index (Phi) is 4.13. The zero-order chi connectivity index (χ0) is 22.6. The van der Waals surface area contributed by atoms with E-state index in [0.717, 1.165) is 17.7 Å². The van der Waals surface area contributed by atoms with Crippen LogP contribution in [0.3, 0.4) is 0 Å². The van der Waals surface area contributed by atoms with E-state index >= 15 is 0 Å². The molecule has 0 bridgehead atoms. The summed E-state index contributed by atoms with van der Waals surface area (Å²) in [6.45, 7) is 0. The predicted octanol–water partition coefficient (Wildman–Crippen LogP) is 8.48. The molecule has 0 saturated carbocycles. The van der Waals surface area contributed by atoms with Crippen LogP contribution in [0.4, 0.5) is 5.69 Å². The van der Waals surface area contributed by atoms with Crippen molar-refractivity contribution in [3.05, 3.63) is 126 Å². The van der Waals surface area contributed by atoms with Crippen LogP contribution in [-0.2, 0) is 6.42 Å². The maximum atomic E-state index is 6.07. The lowest BCUT2D eigenvalue weighted by Gasteiger charge is -2.15. The van der Waals surface area contributed by atoms with E-state index < -0.39 is 0 Å². The Balaban J connectivity index is 1.51. The lowest BCUT2D eigenvalue weighted by Crippen LogP contribution is -1.89. The largest absolute Gasteiger partial charge is 0.399 e. The minimum atomic E-state index is 0.788. The Morgan fingerprint density at radius 1 is 0.471 bits per heavy atom. The maximum Gasteiger partial charge on any atom is 0.0320 e. The molecule has 0 atom stereocenters. The summed E-state index contributed by atoms with van der Waals surface area (Å²) in [6.07, 6.45) is 0.971. The molecule has 1 aliphatic carbocycles. The molecule has 160 valence electrons. The standard InChI is InChI=1S/C33H23N/c34-25-12-6-9-22(19-25)21-8-5-10-23(18-21)26-17-7-11-24-20-31-29-15-2-1-13-27(29)28-14-3-4-16-30(28)33(31)32(24)26/h1-19H,20,34H2. The monoisotopic (exact) mass is 433 g/mol. The molecule has 0 saturated heterocycles. The van der Waals surface area contributed by atoms with Crippen LogP contribution in [0.5, 0.6) is 0 Å². The fourth-order valence-corrected chi connectivity index (χ4v) is 5.74. The van der Waals surface area contributed by atoms with Gasteiger partial charge in [0.25, 0.3) is 0 Å². The first-order valence-electron chi connectivity index (χ1n) is 11.8. The number of rotatable bonds is 2. The molecule has 0 radical (unpaired) electrons. The van der Waals surface area contributed by atoms with Crippen molar-refractivity contribution in [2.75, 3.05) is 5.73 Å². The zero-order valence-electron chi connectivity index (χ0n) is 18.8. The zero-order valence-corrected chi connectivity index (χ0v) is 18.8. The molecule has 0 aliphatic heterocycles. The molecule has 34 heavy (non-hydrogen) atoms. The third-order valence-electron chi connectivity index (χ3n) is 7.20. The molecule has 0 spiro atoms. The van der Waals surface area contributed by atoms with Gasteiger partial charge in [0.05, 0.1) is 0 Å². The average molecular weight is 434 g/mol. The van der Waals surface area contributed by atoms with Crippen molar-refractivity contribution in [3.8, 4) is 33.4 Å². The van der Waals surface area contributed by atoms with Crippen molar-refractivity contribution in [2.24, 2.45) is 0 Å². The second kappa shape index (κ2) is 7.33. The number of nitrogen functional groups attached to an aromatic ring is 1. The fourth-order valence-electron chi connectivity index (χ4n) is 5.74. The van der Waals surface area contributed by atoms with Crippen LogP contribution in [0.15, 0.2) is 115 Å². The summed E-state index contributed by atoms with van der Waals surface area (Å²) in [6, 6.07) is 41.5. The van der Waals surface area contributed by atoms with E-state index in [0.29, 0.717) is 0 Å². The lowest BCUT2D eigenvalue weighted by atomic mass is 9.88. The summed E-state index contributed by atoms with van der Waals surface area (Å²) in [7, 11) is 0. The Labute approximate surface area is 199 Å². The Bertz CT molecular complexity index is 1740. The molecular formula is C33H23N. The van der Waals surface area contributed by atoms with Gasteiger partial charge in [-0.25, -0.2) is 0 Å². The van der Waals surface area contributed by atoms with Crippen LogP contribution < -0.4 is 5.73 Å². The highest BCUT2D eigenvalue weighted by molar-refractivity contribution is 6.18. The highest BCUT2D eigenvalue weighted by Gasteiger charge is 2.26. The number of hydrogen-bond donors (Lipinski definition) is 1. The van der Waals surface area contributed by atoms with E-state index in [1.165, 1.54) is 60.5 Å². The number of hydrogen-bond acceptors (Lipinski definition) is 1. The molecule has 0 fully saturated rings. The number of benzene rings is 6. The first kappa shape index (κ1) is 19.1. The molecule has 6 aromatic rings. The maximum absolute atomic E-state index is 6.07. The quantitative estimate of drug-likeness (QED) is 0.215. The fraction of sp³-hybridized carbons (Fsp3) is 0.0303. The SMILES string of the molecule is Nc1cccc(-c2cccc(-c3cccc4c3-c3c(c5ccccc5c5ccccc35)C4)c2)c1. The highest BCUT2D eigenvalue weighted by atomic mass is 14.5. The van der Waals surface area contributed by atoms with E-state index in [2.05, 4.69) is 97.1 Å². The second-order valence-corrected chi connectivity index (χ2v) is 9.17. The van der Waals surface area contributed by atoms with Gasteiger partial charge in [-0.05, 0) is 90.7 Å².